The lowest BCUT2D eigenvalue weighted by Crippen LogP contribution is -2.34. The normalized spacial score (nSPS) is 14.1. The third-order valence-corrected chi connectivity index (χ3v) is 4.25. The number of nitrogens with zero attached hydrogens (tertiary/aromatic N) is 4. The van der Waals surface area contributed by atoms with Gasteiger partial charge in [-0.05, 0) is 25.0 Å². The number of fused-ring (bicyclic) bond motifs is 1. The van der Waals surface area contributed by atoms with E-state index in [9.17, 15) is 4.79 Å². The number of nitrogens with one attached hydrogen (secondary N) is 1. The number of amides is 1. The molecule has 1 aromatic heterocycles. The van der Waals surface area contributed by atoms with E-state index < -0.39 is 0 Å². The van der Waals surface area contributed by atoms with Crippen molar-refractivity contribution in [1.29, 1.82) is 0 Å². The van der Waals surface area contributed by atoms with Gasteiger partial charge in [0.25, 0.3) is 5.91 Å². The van der Waals surface area contributed by atoms with E-state index in [2.05, 4.69) is 21.9 Å². The van der Waals surface area contributed by atoms with Gasteiger partial charge in [-0.25, -0.2) is 4.98 Å². The first-order chi connectivity index (χ1) is 12.2. The van der Waals surface area contributed by atoms with Gasteiger partial charge in [0.05, 0.1) is 0 Å². The van der Waals surface area contributed by atoms with Crippen molar-refractivity contribution in [3.8, 4) is 0 Å². The number of hydrogen-bond acceptors (Lipinski definition) is 5. The molecule has 0 saturated carbocycles. The number of hydrogen-bond donors (Lipinski definition) is 1. The van der Waals surface area contributed by atoms with Crippen molar-refractivity contribution in [2.75, 3.05) is 41.8 Å². The van der Waals surface area contributed by atoms with Crippen LogP contribution in [0.4, 0.5) is 17.5 Å². The zero-order valence-electron chi connectivity index (χ0n) is 14.7. The smallest absolute Gasteiger partial charge is 0.263 e. The van der Waals surface area contributed by atoms with Crippen molar-refractivity contribution in [3.63, 3.8) is 0 Å². The first-order valence-corrected chi connectivity index (χ1v) is 8.48. The summed E-state index contributed by atoms with van der Waals surface area (Å²) in [6.45, 7) is 7.83. The summed E-state index contributed by atoms with van der Waals surface area (Å²) in [6, 6.07) is 7.95. The molecule has 2 aromatic rings. The molecule has 0 unspecified atom stereocenters. The molecule has 1 N–H and O–H groups in total. The standard InChI is InChI=1S/C19H23N5O/c1-4-8-14-9-6-7-10-16(14)24-12-11-23(3)17-15(18(24)25)13-21-19(22-17)20-5-2/h4,6-7,9-10,13H,1,5,8,11-12H2,2-3H3,(H,20,21,22). The molecule has 0 aliphatic carbocycles. The van der Waals surface area contributed by atoms with Crippen molar-refractivity contribution in [3.05, 3.63) is 54.2 Å². The number of carbonyl (C=O) groups excluding carboxylic acids is 1. The molecule has 1 aliphatic heterocycles. The topological polar surface area (TPSA) is 61.4 Å². The van der Waals surface area contributed by atoms with E-state index in [0.717, 1.165) is 24.2 Å². The highest BCUT2D eigenvalue weighted by atomic mass is 16.2. The Hall–Kier alpha value is -2.89. The summed E-state index contributed by atoms with van der Waals surface area (Å²) in [7, 11) is 1.95. The fourth-order valence-corrected chi connectivity index (χ4v) is 2.99. The monoisotopic (exact) mass is 337 g/mol. The first kappa shape index (κ1) is 17.0. The van der Waals surface area contributed by atoms with Crippen molar-refractivity contribution in [1.82, 2.24) is 9.97 Å². The average molecular weight is 337 g/mol. The predicted molar refractivity (Wildman–Crippen MR) is 101 cm³/mol. The van der Waals surface area contributed by atoms with Crippen LogP contribution in [0, 0.1) is 0 Å². The highest BCUT2D eigenvalue weighted by molar-refractivity contribution is 6.10. The first-order valence-electron chi connectivity index (χ1n) is 8.48. The van der Waals surface area contributed by atoms with Crippen LogP contribution in [-0.4, -0.2) is 42.6 Å². The van der Waals surface area contributed by atoms with E-state index >= 15 is 0 Å². The molecule has 0 saturated heterocycles. The number of allylic oxidation sites excluding steroid dienone is 1. The fraction of sp³-hybridized carbons (Fsp3) is 0.316. The van der Waals surface area contributed by atoms with Crippen LogP contribution < -0.4 is 15.1 Å². The molecule has 25 heavy (non-hydrogen) atoms. The fourth-order valence-electron chi connectivity index (χ4n) is 2.99. The second kappa shape index (κ2) is 7.34. The van der Waals surface area contributed by atoms with Gasteiger partial charge in [0, 0.05) is 38.6 Å². The SMILES string of the molecule is C=CCc1ccccc1N1CCN(C)c2nc(NCC)ncc2C1=O. The molecule has 2 heterocycles. The van der Waals surface area contributed by atoms with E-state index in [0.29, 0.717) is 30.4 Å². The molecule has 0 spiro atoms. The number of para-hydroxylation sites is 1. The molecule has 0 fully saturated rings. The summed E-state index contributed by atoms with van der Waals surface area (Å²) in [5.74, 6) is 1.14. The van der Waals surface area contributed by atoms with E-state index in [1.807, 2.05) is 54.1 Å². The Kier molecular flexibility index (Phi) is 4.97. The van der Waals surface area contributed by atoms with Gasteiger partial charge in [-0.2, -0.15) is 4.98 Å². The Morgan fingerprint density at radius 2 is 2.12 bits per heavy atom. The van der Waals surface area contributed by atoms with E-state index in [-0.39, 0.29) is 5.91 Å². The van der Waals surface area contributed by atoms with Gasteiger partial charge >= 0.3 is 0 Å². The van der Waals surface area contributed by atoms with E-state index in [1.165, 1.54) is 0 Å². The number of carbonyl (C=O) groups is 1. The lowest BCUT2D eigenvalue weighted by molar-refractivity contribution is 0.0989. The lowest BCUT2D eigenvalue weighted by Gasteiger charge is -2.23. The Balaban J connectivity index is 2.03. The number of anilines is 3. The maximum atomic E-state index is 13.2. The van der Waals surface area contributed by atoms with Crippen molar-refractivity contribution in [2.24, 2.45) is 0 Å². The van der Waals surface area contributed by atoms with Crippen LogP contribution in [0.5, 0.6) is 0 Å². The Morgan fingerprint density at radius 3 is 2.88 bits per heavy atom. The minimum atomic E-state index is -0.0705. The van der Waals surface area contributed by atoms with Gasteiger partial charge in [0.1, 0.15) is 11.4 Å². The molecule has 0 radical (unpaired) electrons. The molecule has 6 heteroatoms. The van der Waals surface area contributed by atoms with Gasteiger partial charge in [-0.1, -0.05) is 24.3 Å². The van der Waals surface area contributed by atoms with Crippen molar-refractivity contribution in [2.45, 2.75) is 13.3 Å². The molecule has 0 atom stereocenters. The summed E-state index contributed by atoms with van der Waals surface area (Å²) in [6.07, 6.45) is 4.19. The Labute approximate surface area is 148 Å². The highest BCUT2D eigenvalue weighted by Gasteiger charge is 2.28. The van der Waals surface area contributed by atoms with Crippen LogP contribution in [0.3, 0.4) is 0 Å². The number of aromatic nitrogens is 2. The Bertz CT molecular complexity index is 789. The minimum absolute atomic E-state index is 0.0705. The molecule has 1 aromatic carbocycles. The zero-order chi connectivity index (χ0) is 17.8. The Morgan fingerprint density at radius 1 is 1.32 bits per heavy atom. The highest BCUT2D eigenvalue weighted by Crippen LogP contribution is 2.28. The number of benzene rings is 1. The quantitative estimate of drug-likeness (QED) is 0.850. The summed E-state index contributed by atoms with van der Waals surface area (Å²) in [5, 5.41) is 3.10. The van der Waals surface area contributed by atoms with Crippen LogP contribution in [0.25, 0.3) is 0 Å². The summed E-state index contributed by atoms with van der Waals surface area (Å²) < 4.78 is 0. The number of likely N-dealkylation sites (N-methyl/N-ethyl adjacent to an activating group) is 1. The van der Waals surface area contributed by atoms with Crippen LogP contribution in [-0.2, 0) is 6.42 Å². The average Bonchev–Trinajstić information content (AvgIpc) is 2.74. The predicted octanol–water partition coefficient (Wildman–Crippen LogP) is 2.73. The van der Waals surface area contributed by atoms with E-state index in [4.69, 9.17) is 0 Å². The van der Waals surface area contributed by atoms with Gasteiger partial charge < -0.3 is 15.1 Å². The van der Waals surface area contributed by atoms with Crippen LogP contribution in [0.2, 0.25) is 0 Å². The molecule has 130 valence electrons. The maximum Gasteiger partial charge on any atom is 0.263 e. The van der Waals surface area contributed by atoms with Gasteiger partial charge in [0.2, 0.25) is 5.95 Å². The van der Waals surface area contributed by atoms with Gasteiger partial charge in [0.15, 0.2) is 0 Å². The third kappa shape index (κ3) is 3.33. The molecule has 0 bridgehead atoms. The maximum absolute atomic E-state index is 13.2. The molecule has 1 amide bonds. The third-order valence-electron chi connectivity index (χ3n) is 4.25. The molecule has 6 nitrogen and oxygen atoms in total. The summed E-state index contributed by atoms with van der Waals surface area (Å²) in [4.78, 5) is 25.8. The van der Waals surface area contributed by atoms with Gasteiger partial charge in [-0.3, -0.25) is 4.79 Å². The van der Waals surface area contributed by atoms with Crippen LogP contribution in [0.15, 0.2) is 43.1 Å². The van der Waals surface area contributed by atoms with Crippen LogP contribution >= 0.6 is 0 Å². The van der Waals surface area contributed by atoms with E-state index in [1.54, 1.807) is 6.20 Å². The zero-order valence-corrected chi connectivity index (χ0v) is 14.7. The van der Waals surface area contributed by atoms with Crippen molar-refractivity contribution < 1.29 is 4.79 Å². The minimum Gasteiger partial charge on any atom is -0.357 e. The lowest BCUT2D eigenvalue weighted by atomic mass is 10.1. The second-order valence-electron chi connectivity index (χ2n) is 5.96. The van der Waals surface area contributed by atoms with Crippen LogP contribution in [0.1, 0.15) is 22.8 Å². The number of rotatable bonds is 5. The molecule has 3 rings (SSSR count). The molecular weight excluding hydrogens is 314 g/mol. The molecular formula is C19H23N5O. The van der Waals surface area contributed by atoms with Gasteiger partial charge in [-0.15, -0.1) is 6.58 Å². The largest absolute Gasteiger partial charge is 0.357 e. The molecule has 1 aliphatic rings. The summed E-state index contributed by atoms with van der Waals surface area (Å²) in [5.41, 5.74) is 2.53. The second-order valence-corrected chi connectivity index (χ2v) is 5.96. The summed E-state index contributed by atoms with van der Waals surface area (Å²) >= 11 is 0. The van der Waals surface area contributed by atoms with Crippen molar-refractivity contribution >= 4 is 23.4 Å².